The van der Waals surface area contributed by atoms with Crippen LogP contribution in [0.25, 0.3) is 0 Å². The number of para-hydroxylation sites is 1. The van der Waals surface area contributed by atoms with Gasteiger partial charge in [-0.3, -0.25) is 0 Å². The molecule has 6 nitrogen and oxygen atoms in total. The van der Waals surface area contributed by atoms with Crippen molar-refractivity contribution < 1.29 is 24.2 Å². The van der Waals surface area contributed by atoms with Crippen molar-refractivity contribution in [2.45, 2.75) is 13.0 Å². The first-order valence-corrected chi connectivity index (χ1v) is 7.33. The number of anilines is 1. The maximum atomic E-state index is 12.4. The summed E-state index contributed by atoms with van der Waals surface area (Å²) in [7, 11) is 2.48. The van der Waals surface area contributed by atoms with Gasteiger partial charge in [-0.05, 0) is 25.1 Å². The molecular formula is C18H19NO5. The van der Waals surface area contributed by atoms with Crippen LogP contribution in [0, 0.1) is 0 Å². The van der Waals surface area contributed by atoms with Gasteiger partial charge in [0.25, 0.3) is 0 Å². The molecule has 2 rings (SSSR count). The Hall–Kier alpha value is -2.86. The minimum absolute atomic E-state index is 0.0162. The van der Waals surface area contributed by atoms with Gasteiger partial charge in [-0.2, -0.15) is 0 Å². The lowest BCUT2D eigenvalue weighted by Crippen LogP contribution is -2.27. The van der Waals surface area contributed by atoms with Crippen molar-refractivity contribution in [3.63, 3.8) is 0 Å². The number of aliphatic hydroxyl groups excluding tert-OH is 1. The summed E-state index contributed by atoms with van der Waals surface area (Å²) in [4.78, 5) is 26.0. The summed E-state index contributed by atoms with van der Waals surface area (Å²) in [6.07, 6.45) is 5.66. The summed E-state index contributed by atoms with van der Waals surface area (Å²) in [5, 5.41) is 10.0. The number of ether oxygens (including phenoxy) is 2. The molecule has 0 bridgehead atoms. The molecule has 1 aliphatic rings. The molecule has 0 saturated heterocycles. The number of nitrogens with zero attached hydrogens (tertiary/aromatic N) is 1. The van der Waals surface area contributed by atoms with Crippen LogP contribution in [0.3, 0.4) is 0 Å². The highest BCUT2D eigenvalue weighted by atomic mass is 16.5. The second kappa shape index (κ2) is 7.61. The van der Waals surface area contributed by atoms with E-state index in [1.807, 2.05) is 0 Å². The lowest BCUT2D eigenvalue weighted by atomic mass is 10.1. The SMILES string of the molecule is COC(=O)C1=C(C(=O)OC)N(c2ccccc2C(C)O)C=CC=C1. The van der Waals surface area contributed by atoms with Crippen molar-refractivity contribution >= 4 is 17.6 Å². The van der Waals surface area contributed by atoms with Gasteiger partial charge in [-0.25, -0.2) is 9.59 Å². The predicted molar refractivity (Wildman–Crippen MR) is 88.9 cm³/mol. The molecule has 0 aliphatic carbocycles. The average Bonchev–Trinajstić information content (AvgIpc) is 2.83. The second-order valence-corrected chi connectivity index (χ2v) is 5.05. The zero-order valence-corrected chi connectivity index (χ0v) is 13.7. The van der Waals surface area contributed by atoms with Crippen LogP contribution in [0.2, 0.25) is 0 Å². The Labute approximate surface area is 140 Å². The molecule has 1 aliphatic heterocycles. The van der Waals surface area contributed by atoms with Crippen LogP contribution in [0.5, 0.6) is 0 Å². The fraction of sp³-hybridized carbons (Fsp3) is 0.222. The highest BCUT2D eigenvalue weighted by molar-refractivity contribution is 6.05. The van der Waals surface area contributed by atoms with Gasteiger partial charge in [0.15, 0.2) is 0 Å². The summed E-state index contributed by atoms with van der Waals surface area (Å²) >= 11 is 0. The number of hydrogen-bond acceptors (Lipinski definition) is 6. The molecule has 1 heterocycles. The van der Waals surface area contributed by atoms with Gasteiger partial charge in [-0.15, -0.1) is 0 Å². The molecule has 1 N–H and O–H groups in total. The summed E-state index contributed by atoms with van der Waals surface area (Å²) < 4.78 is 9.62. The fourth-order valence-electron chi connectivity index (χ4n) is 2.41. The maximum Gasteiger partial charge on any atom is 0.355 e. The standard InChI is InChI=1S/C18H19NO5/c1-12(20)13-8-4-5-10-15(13)19-11-7-6-9-14(17(21)23-2)16(19)18(22)24-3/h4-12,20H,1-3H3. The third kappa shape index (κ3) is 3.38. The van der Waals surface area contributed by atoms with Crippen LogP contribution >= 0.6 is 0 Å². The zero-order valence-electron chi connectivity index (χ0n) is 13.7. The number of carbonyl (C=O) groups is 2. The quantitative estimate of drug-likeness (QED) is 0.854. The van der Waals surface area contributed by atoms with E-state index in [1.165, 1.54) is 25.2 Å². The highest BCUT2D eigenvalue weighted by Gasteiger charge is 2.28. The third-order valence-electron chi connectivity index (χ3n) is 3.54. The molecule has 1 aromatic carbocycles. The summed E-state index contributed by atoms with van der Waals surface area (Å²) in [6.45, 7) is 1.63. The van der Waals surface area contributed by atoms with E-state index >= 15 is 0 Å². The van der Waals surface area contributed by atoms with Crippen LogP contribution in [0.4, 0.5) is 5.69 Å². The Morgan fingerprint density at radius 1 is 1.08 bits per heavy atom. The first-order valence-electron chi connectivity index (χ1n) is 7.33. The Balaban J connectivity index is 2.71. The number of methoxy groups -OCH3 is 2. The van der Waals surface area contributed by atoms with Gasteiger partial charge in [0, 0.05) is 11.8 Å². The number of carbonyl (C=O) groups excluding carboxylic acids is 2. The van der Waals surface area contributed by atoms with Gasteiger partial charge < -0.3 is 19.5 Å². The van der Waals surface area contributed by atoms with Crippen molar-refractivity contribution in [2.75, 3.05) is 19.1 Å². The minimum Gasteiger partial charge on any atom is -0.465 e. The number of allylic oxidation sites excluding steroid dienone is 2. The van der Waals surface area contributed by atoms with E-state index in [0.29, 0.717) is 11.3 Å². The van der Waals surface area contributed by atoms with E-state index in [1.54, 1.807) is 49.5 Å². The van der Waals surface area contributed by atoms with Crippen molar-refractivity contribution in [1.82, 2.24) is 0 Å². The monoisotopic (exact) mass is 329 g/mol. The fourth-order valence-corrected chi connectivity index (χ4v) is 2.41. The molecule has 0 fully saturated rings. The molecule has 126 valence electrons. The molecule has 1 aromatic rings. The van der Waals surface area contributed by atoms with E-state index in [9.17, 15) is 14.7 Å². The minimum atomic E-state index is -0.758. The molecule has 1 atom stereocenters. The average molecular weight is 329 g/mol. The Kier molecular flexibility index (Phi) is 5.55. The molecule has 0 aromatic heterocycles. The summed E-state index contributed by atoms with van der Waals surface area (Å²) in [5.74, 6) is -1.35. The molecule has 6 heteroatoms. The largest absolute Gasteiger partial charge is 0.465 e. The Bertz CT molecular complexity index is 731. The first kappa shape index (κ1) is 17.5. The van der Waals surface area contributed by atoms with Crippen LogP contribution in [0.15, 0.2) is 60.0 Å². The Morgan fingerprint density at radius 3 is 2.38 bits per heavy atom. The van der Waals surface area contributed by atoms with Crippen molar-refractivity contribution in [2.24, 2.45) is 0 Å². The van der Waals surface area contributed by atoms with Crippen molar-refractivity contribution in [3.8, 4) is 0 Å². The molecule has 0 radical (unpaired) electrons. The van der Waals surface area contributed by atoms with E-state index in [2.05, 4.69) is 0 Å². The number of benzene rings is 1. The van der Waals surface area contributed by atoms with Gasteiger partial charge in [-0.1, -0.05) is 24.3 Å². The predicted octanol–water partition coefficient (Wildman–Crippen LogP) is 2.23. The molecule has 0 spiro atoms. The maximum absolute atomic E-state index is 12.4. The van der Waals surface area contributed by atoms with Crippen LogP contribution in [-0.2, 0) is 19.1 Å². The molecule has 0 saturated carbocycles. The van der Waals surface area contributed by atoms with Crippen molar-refractivity contribution in [1.29, 1.82) is 0 Å². The van der Waals surface area contributed by atoms with Gasteiger partial charge in [0.2, 0.25) is 0 Å². The lowest BCUT2D eigenvalue weighted by Gasteiger charge is -2.26. The first-order chi connectivity index (χ1) is 11.5. The van der Waals surface area contributed by atoms with Crippen LogP contribution in [-0.4, -0.2) is 31.3 Å². The second-order valence-electron chi connectivity index (χ2n) is 5.05. The van der Waals surface area contributed by atoms with E-state index in [0.717, 1.165) is 0 Å². The summed E-state index contributed by atoms with van der Waals surface area (Å²) in [6, 6.07) is 7.06. The number of hydrogen-bond donors (Lipinski definition) is 1. The van der Waals surface area contributed by atoms with E-state index in [-0.39, 0.29) is 11.3 Å². The lowest BCUT2D eigenvalue weighted by molar-refractivity contribution is -0.139. The summed E-state index contributed by atoms with van der Waals surface area (Å²) in [5.41, 5.74) is 1.25. The van der Waals surface area contributed by atoms with Crippen LogP contribution in [0.1, 0.15) is 18.6 Å². The zero-order chi connectivity index (χ0) is 17.7. The van der Waals surface area contributed by atoms with Gasteiger partial charge >= 0.3 is 11.9 Å². The number of rotatable bonds is 4. The normalized spacial score (nSPS) is 15.1. The highest BCUT2D eigenvalue weighted by Crippen LogP contribution is 2.32. The van der Waals surface area contributed by atoms with Crippen molar-refractivity contribution in [3.05, 3.63) is 65.5 Å². The topological polar surface area (TPSA) is 76.1 Å². The molecule has 1 unspecified atom stereocenters. The van der Waals surface area contributed by atoms with E-state index < -0.39 is 18.0 Å². The smallest absolute Gasteiger partial charge is 0.355 e. The van der Waals surface area contributed by atoms with Crippen LogP contribution < -0.4 is 4.90 Å². The molecule has 0 amide bonds. The molecular weight excluding hydrogens is 310 g/mol. The molecule has 24 heavy (non-hydrogen) atoms. The number of aliphatic hydroxyl groups is 1. The van der Waals surface area contributed by atoms with Gasteiger partial charge in [0.1, 0.15) is 5.70 Å². The Morgan fingerprint density at radius 2 is 1.75 bits per heavy atom. The number of esters is 2. The third-order valence-corrected chi connectivity index (χ3v) is 3.54. The van der Waals surface area contributed by atoms with E-state index in [4.69, 9.17) is 9.47 Å². The van der Waals surface area contributed by atoms with Gasteiger partial charge in [0.05, 0.1) is 31.6 Å².